The molecule has 0 bridgehead atoms. The Bertz CT molecular complexity index is 1080. The van der Waals surface area contributed by atoms with Crippen LogP contribution >= 0.6 is 38.9 Å². The summed E-state index contributed by atoms with van der Waals surface area (Å²) in [6.45, 7) is 8.65. The van der Waals surface area contributed by atoms with Crippen LogP contribution in [0.5, 0.6) is 0 Å². The van der Waals surface area contributed by atoms with Crippen LogP contribution in [0.1, 0.15) is 21.5 Å². The maximum absolute atomic E-state index is 13.6. The number of amides is 1. The topological polar surface area (TPSA) is 45.7 Å². The van der Waals surface area contributed by atoms with Gasteiger partial charge in [-0.1, -0.05) is 44.9 Å². The number of carbonyl (C=O) groups is 1. The van der Waals surface area contributed by atoms with Crippen LogP contribution in [0.4, 0.5) is 5.13 Å². The van der Waals surface area contributed by atoms with Gasteiger partial charge in [0.1, 0.15) is 0 Å². The van der Waals surface area contributed by atoms with Gasteiger partial charge in [0.2, 0.25) is 0 Å². The molecule has 2 heterocycles. The monoisotopic (exact) mass is 507 g/mol. The number of carbonyl (C=O) groups excluding carboxylic acids is 1. The van der Waals surface area contributed by atoms with Crippen molar-refractivity contribution < 1.29 is 9.53 Å². The average Bonchev–Trinajstić information content (AvgIpc) is 3.14. The Morgan fingerprint density at radius 1 is 1.27 bits per heavy atom. The lowest BCUT2D eigenvalue weighted by atomic mass is 10.1. The molecule has 158 valence electrons. The molecule has 1 fully saturated rings. The number of halogens is 2. The molecule has 1 aliphatic heterocycles. The van der Waals surface area contributed by atoms with E-state index in [1.807, 2.05) is 6.07 Å². The number of ether oxygens (including phenoxy) is 1. The fraction of sp³-hybridized carbons (Fsp3) is 0.364. The first-order valence-electron chi connectivity index (χ1n) is 9.87. The Hall–Kier alpha value is -1.51. The van der Waals surface area contributed by atoms with Gasteiger partial charge in [0.05, 0.1) is 34.0 Å². The van der Waals surface area contributed by atoms with E-state index in [0.29, 0.717) is 22.3 Å². The maximum atomic E-state index is 13.6. The Morgan fingerprint density at radius 2 is 2.03 bits per heavy atom. The van der Waals surface area contributed by atoms with Gasteiger partial charge >= 0.3 is 0 Å². The van der Waals surface area contributed by atoms with Gasteiger partial charge in [-0.2, -0.15) is 0 Å². The van der Waals surface area contributed by atoms with Crippen LogP contribution < -0.4 is 4.90 Å². The zero-order valence-electron chi connectivity index (χ0n) is 17.0. The summed E-state index contributed by atoms with van der Waals surface area (Å²) in [6, 6.07) is 9.56. The number of thiazole rings is 1. The second-order valence-corrected chi connectivity index (χ2v) is 9.76. The van der Waals surface area contributed by atoms with E-state index in [1.54, 1.807) is 28.4 Å². The zero-order chi connectivity index (χ0) is 21.3. The van der Waals surface area contributed by atoms with Gasteiger partial charge in [0.25, 0.3) is 5.91 Å². The number of anilines is 1. The van der Waals surface area contributed by atoms with Gasteiger partial charge < -0.3 is 4.74 Å². The molecular formula is C22H23BrClN3O2S. The van der Waals surface area contributed by atoms with Crippen LogP contribution in [-0.2, 0) is 4.74 Å². The summed E-state index contributed by atoms with van der Waals surface area (Å²) in [5.41, 5.74) is 3.74. The lowest BCUT2D eigenvalue weighted by Gasteiger charge is -2.29. The molecular weight excluding hydrogens is 486 g/mol. The standard InChI is InChI=1S/C22H23BrClN3O2S/c1-14-11-15(2)20-19(12-14)25-22(30-20)27(6-5-26-7-9-29-10-8-26)21(28)17-13-16(23)3-4-18(17)24/h3-4,11-13H,5-10H2,1-2H3. The molecule has 1 amide bonds. The number of hydrogen-bond donors (Lipinski definition) is 0. The summed E-state index contributed by atoms with van der Waals surface area (Å²) in [5, 5.41) is 1.14. The minimum absolute atomic E-state index is 0.136. The lowest BCUT2D eigenvalue weighted by molar-refractivity contribution is 0.0391. The molecule has 0 aliphatic carbocycles. The highest BCUT2D eigenvalue weighted by Crippen LogP contribution is 2.33. The minimum atomic E-state index is -0.136. The van der Waals surface area contributed by atoms with Crippen molar-refractivity contribution in [3.63, 3.8) is 0 Å². The molecule has 4 rings (SSSR count). The molecule has 1 aromatic heterocycles. The molecule has 0 N–H and O–H groups in total. The van der Waals surface area contributed by atoms with Crippen LogP contribution in [0.3, 0.4) is 0 Å². The van der Waals surface area contributed by atoms with E-state index in [-0.39, 0.29) is 5.91 Å². The van der Waals surface area contributed by atoms with E-state index < -0.39 is 0 Å². The summed E-state index contributed by atoms with van der Waals surface area (Å²) in [7, 11) is 0. The number of nitrogens with zero attached hydrogens (tertiary/aromatic N) is 3. The average molecular weight is 509 g/mol. The van der Waals surface area contributed by atoms with Gasteiger partial charge in [-0.3, -0.25) is 14.6 Å². The first-order valence-corrected chi connectivity index (χ1v) is 11.9. The van der Waals surface area contributed by atoms with Crippen molar-refractivity contribution in [2.24, 2.45) is 0 Å². The lowest BCUT2D eigenvalue weighted by Crippen LogP contribution is -2.43. The second kappa shape index (κ2) is 9.32. The predicted octanol–water partition coefficient (Wildman–Crippen LogP) is 5.31. The van der Waals surface area contributed by atoms with Crippen LogP contribution in [0, 0.1) is 13.8 Å². The molecule has 1 saturated heterocycles. The molecule has 8 heteroatoms. The number of fused-ring (bicyclic) bond motifs is 1. The Morgan fingerprint density at radius 3 is 2.80 bits per heavy atom. The number of aromatic nitrogens is 1. The number of hydrogen-bond acceptors (Lipinski definition) is 5. The molecule has 0 spiro atoms. The van der Waals surface area contributed by atoms with E-state index in [0.717, 1.165) is 53.1 Å². The van der Waals surface area contributed by atoms with Gasteiger partial charge in [-0.25, -0.2) is 4.98 Å². The van der Waals surface area contributed by atoms with E-state index >= 15 is 0 Å². The highest BCUT2D eigenvalue weighted by molar-refractivity contribution is 9.10. The molecule has 0 atom stereocenters. The number of morpholine rings is 1. The maximum Gasteiger partial charge on any atom is 0.261 e. The molecule has 0 radical (unpaired) electrons. The summed E-state index contributed by atoms with van der Waals surface area (Å²) in [4.78, 5) is 22.5. The highest BCUT2D eigenvalue weighted by Gasteiger charge is 2.25. The van der Waals surface area contributed by atoms with Crippen LogP contribution in [0.2, 0.25) is 5.02 Å². The fourth-order valence-electron chi connectivity index (χ4n) is 3.64. The van der Waals surface area contributed by atoms with E-state index in [9.17, 15) is 4.79 Å². The van der Waals surface area contributed by atoms with Crippen molar-refractivity contribution >= 4 is 60.1 Å². The SMILES string of the molecule is Cc1cc(C)c2sc(N(CCN3CCOCC3)C(=O)c3cc(Br)ccc3Cl)nc2c1. The molecule has 2 aromatic carbocycles. The van der Waals surface area contributed by atoms with E-state index in [1.165, 1.54) is 5.56 Å². The second-order valence-electron chi connectivity index (χ2n) is 7.46. The van der Waals surface area contributed by atoms with Crippen molar-refractivity contribution in [1.29, 1.82) is 0 Å². The third-order valence-electron chi connectivity index (χ3n) is 5.19. The van der Waals surface area contributed by atoms with Crippen molar-refractivity contribution in [2.75, 3.05) is 44.3 Å². The molecule has 0 unspecified atom stereocenters. The number of rotatable bonds is 5. The summed E-state index contributed by atoms with van der Waals surface area (Å²) in [6.07, 6.45) is 0. The third kappa shape index (κ3) is 4.70. The van der Waals surface area contributed by atoms with Crippen molar-refractivity contribution in [3.8, 4) is 0 Å². The zero-order valence-corrected chi connectivity index (χ0v) is 20.1. The van der Waals surface area contributed by atoms with Gasteiger partial charge in [0, 0.05) is 30.7 Å². The normalized spacial score (nSPS) is 14.9. The van der Waals surface area contributed by atoms with Gasteiger partial charge in [0.15, 0.2) is 5.13 Å². The first kappa shape index (κ1) is 21.7. The van der Waals surface area contributed by atoms with Crippen molar-refractivity contribution in [1.82, 2.24) is 9.88 Å². The molecule has 5 nitrogen and oxygen atoms in total. The van der Waals surface area contributed by atoms with Crippen LogP contribution in [-0.4, -0.2) is 55.2 Å². The van der Waals surface area contributed by atoms with Crippen molar-refractivity contribution in [2.45, 2.75) is 13.8 Å². The number of benzene rings is 2. The summed E-state index contributed by atoms with van der Waals surface area (Å²) >= 11 is 11.4. The third-order valence-corrected chi connectivity index (χ3v) is 7.24. The molecule has 30 heavy (non-hydrogen) atoms. The highest BCUT2D eigenvalue weighted by atomic mass is 79.9. The summed E-state index contributed by atoms with van der Waals surface area (Å²) < 4.78 is 7.38. The fourth-order valence-corrected chi connectivity index (χ4v) is 5.24. The Balaban J connectivity index is 1.70. The van der Waals surface area contributed by atoms with Gasteiger partial charge in [-0.15, -0.1) is 0 Å². The van der Waals surface area contributed by atoms with Gasteiger partial charge in [-0.05, 0) is 49.2 Å². The van der Waals surface area contributed by atoms with E-state index in [4.69, 9.17) is 21.3 Å². The molecule has 3 aromatic rings. The predicted molar refractivity (Wildman–Crippen MR) is 127 cm³/mol. The Labute approximate surface area is 193 Å². The largest absolute Gasteiger partial charge is 0.379 e. The summed E-state index contributed by atoms with van der Waals surface area (Å²) in [5.74, 6) is -0.136. The molecule has 0 saturated carbocycles. The Kier molecular flexibility index (Phi) is 6.75. The van der Waals surface area contributed by atoms with E-state index in [2.05, 4.69) is 46.8 Å². The minimum Gasteiger partial charge on any atom is -0.379 e. The van der Waals surface area contributed by atoms with Crippen molar-refractivity contribution in [3.05, 3.63) is 56.5 Å². The number of aryl methyl sites for hydroxylation is 2. The molecule has 1 aliphatic rings. The van der Waals surface area contributed by atoms with Crippen LogP contribution in [0.15, 0.2) is 34.8 Å². The first-order chi connectivity index (χ1) is 14.4. The smallest absolute Gasteiger partial charge is 0.261 e. The quantitative estimate of drug-likeness (QED) is 0.469. The van der Waals surface area contributed by atoms with Crippen LogP contribution in [0.25, 0.3) is 10.2 Å².